The van der Waals surface area contributed by atoms with Crippen LogP contribution in [0.1, 0.15) is 29.5 Å². The lowest BCUT2D eigenvalue weighted by Crippen LogP contribution is -3.11. The number of carbonyl (C=O) groups is 1. The Morgan fingerprint density at radius 1 is 1.26 bits per heavy atom. The van der Waals surface area contributed by atoms with Crippen LogP contribution in [0.25, 0.3) is 0 Å². The Kier molecular flexibility index (Phi) is 7.50. The largest absolute Gasteiger partial charge is 0.507 e. The van der Waals surface area contributed by atoms with Crippen LogP contribution >= 0.6 is 0 Å². The summed E-state index contributed by atoms with van der Waals surface area (Å²) in [5, 5.41) is 25.0. The highest BCUT2D eigenvalue weighted by Gasteiger charge is 2.27. The Balaban J connectivity index is 1.47. The van der Waals surface area contributed by atoms with Crippen molar-refractivity contribution in [3.63, 3.8) is 0 Å². The second-order valence-corrected chi connectivity index (χ2v) is 7.71. The maximum Gasteiger partial charge on any atom is 0.269 e. The monoisotopic (exact) mass is 423 g/mol. The first-order valence-electron chi connectivity index (χ1n) is 10.3. The number of rotatable bonds is 8. The van der Waals surface area contributed by atoms with Gasteiger partial charge in [-0.1, -0.05) is 18.2 Å². The van der Waals surface area contributed by atoms with Gasteiger partial charge in [0.2, 0.25) is 5.91 Å². The molecule has 8 nitrogen and oxygen atoms in total. The van der Waals surface area contributed by atoms with E-state index in [0.29, 0.717) is 12.0 Å². The summed E-state index contributed by atoms with van der Waals surface area (Å²) in [7, 11) is 0. The van der Waals surface area contributed by atoms with E-state index in [4.69, 9.17) is 0 Å². The number of piperidine rings is 1. The number of allylic oxidation sites excluding steroid dienone is 1. The van der Waals surface area contributed by atoms with Crippen LogP contribution in [0.15, 0.2) is 60.2 Å². The summed E-state index contributed by atoms with van der Waals surface area (Å²) in [6.45, 7) is 6.16. The van der Waals surface area contributed by atoms with Gasteiger partial charge in [0.05, 0.1) is 30.1 Å². The van der Waals surface area contributed by atoms with Crippen LogP contribution in [0.2, 0.25) is 0 Å². The zero-order valence-corrected chi connectivity index (χ0v) is 17.3. The summed E-state index contributed by atoms with van der Waals surface area (Å²) in [6.07, 6.45) is 5.23. The molecule has 1 aliphatic heterocycles. The molecule has 0 unspecified atom stereocenters. The van der Waals surface area contributed by atoms with Gasteiger partial charge in [0.25, 0.3) is 5.69 Å². The Labute approximate surface area is 181 Å². The highest BCUT2D eigenvalue weighted by molar-refractivity contribution is 5.86. The quantitative estimate of drug-likeness (QED) is 0.261. The second kappa shape index (κ2) is 10.5. The molecule has 0 saturated carbocycles. The van der Waals surface area contributed by atoms with Gasteiger partial charge in [-0.2, -0.15) is 5.10 Å². The second-order valence-electron chi connectivity index (χ2n) is 7.71. The smallest absolute Gasteiger partial charge is 0.269 e. The molecule has 0 aliphatic carbocycles. The van der Waals surface area contributed by atoms with Crippen molar-refractivity contribution in [2.45, 2.75) is 25.8 Å². The molecule has 0 radical (unpaired) electrons. The molecule has 0 aromatic heterocycles. The first kappa shape index (κ1) is 22.2. The third-order valence-corrected chi connectivity index (χ3v) is 5.56. The first-order chi connectivity index (χ1) is 15.0. The van der Waals surface area contributed by atoms with Crippen molar-refractivity contribution in [3.05, 3.63) is 81.9 Å². The number of hydrogen-bond donors (Lipinski definition) is 3. The van der Waals surface area contributed by atoms with Gasteiger partial charge in [-0.3, -0.25) is 14.9 Å². The molecule has 1 heterocycles. The van der Waals surface area contributed by atoms with Crippen LogP contribution in [0.5, 0.6) is 5.75 Å². The minimum absolute atomic E-state index is 0.0930. The average Bonchev–Trinajstić information content (AvgIpc) is 2.77. The number of para-hydroxylation sites is 1. The summed E-state index contributed by atoms with van der Waals surface area (Å²) >= 11 is 0. The maximum atomic E-state index is 12.4. The van der Waals surface area contributed by atoms with E-state index in [0.717, 1.165) is 43.6 Å². The number of likely N-dealkylation sites (tertiary alicyclic amines) is 1. The Morgan fingerprint density at radius 3 is 2.61 bits per heavy atom. The number of non-ortho nitro benzene ring substituents is 1. The fourth-order valence-corrected chi connectivity index (χ4v) is 3.78. The van der Waals surface area contributed by atoms with Crippen LogP contribution in [-0.2, 0) is 17.8 Å². The molecule has 1 saturated heterocycles. The van der Waals surface area contributed by atoms with Crippen molar-refractivity contribution in [2.75, 3.05) is 13.1 Å². The number of nitrogens with one attached hydrogen (secondary N) is 2. The molecule has 0 bridgehead atoms. The molecule has 3 N–H and O–H groups in total. The number of quaternary nitrogens is 1. The summed E-state index contributed by atoms with van der Waals surface area (Å²) in [6, 6.07) is 12.0. The lowest BCUT2D eigenvalue weighted by Gasteiger charge is -2.28. The lowest BCUT2D eigenvalue weighted by atomic mass is 9.96. The number of hydrazone groups is 1. The van der Waals surface area contributed by atoms with Crippen LogP contribution in [0.3, 0.4) is 0 Å². The molecular weight excluding hydrogens is 396 g/mol. The zero-order valence-electron chi connectivity index (χ0n) is 17.3. The molecule has 2 aromatic rings. The molecule has 162 valence electrons. The van der Waals surface area contributed by atoms with Crippen LogP contribution in [0, 0.1) is 16.0 Å². The molecule has 0 atom stereocenters. The summed E-state index contributed by atoms with van der Waals surface area (Å²) in [5.74, 6) is -0.0746. The molecule has 8 heteroatoms. The van der Waals surface area contributed by atoms with Gasteiger partial charge in [0.1, 0.15) is 12.3 Å². The molecule has 1 aliphatic rings. The number of nitrogens with zero attached hydrogens (tertiary/aromatic N) is 2. The number of nitro groups is 1. The number of aromatic hydroxyl groups is 1. The van der Waals surface area contributed by atoms with Gasteiger partial charge >= 0.3 is 0 Å². The summed E-state index contributed by atoms with van der Waals surface area (Å²) in [4.78, 5) is 24.1. The number of phenols is 1. The van der Waals surface area contributed by atoms with E-state index < -0.39 is 4.92 Å². The third kappa shape index (κ3) is 5.99. The lowest BCUT2D eigenvalue weighted by molar-refractivity contribution is -0.919. The van der Waals surface area contributed by atoms with Crippen molar-refractivity contribution in [1.82, 2.24) is 5.43 Å². The van der Waals surface area contributed by atoms with Crippen LogP contribution in [0.4, 0.5) is 5.69 Å². The van der Waals surface area contributed by atoms with Gasteiger partial charge in [-0.05, 0) is 30.2 Å². The van der Waals surface area contributed by atoms with Gasteiger partial charge in [-0.25, -0.2) is 5.43 Å². The number of amides is 1. The molecule has 0 spiro atoms. The van der Waals surface area contributed by atoms with Crippen LogP contribution in [-0.4, -0.2) is 35.2 Å². The Hall–Kier alpha value is -3.52. The molecule has 1 fully saturated rings. The zero-order chi connectivity index (χ0) is 22.2. The van der Waals surface area contributed by atoms with E-state index in [1.54, 1.807) is 24.3 Å². The maximum absolute atomic E-state index is 12.4. The minimum atomic E-state index is -0.400. The fraction of sp³-hybridized carbons (Fsp3) is 0.304. The number of benzene rings is 2. The van der Waals surface area contributed by atoms with Crippen molar-refractivity contribution >= 4 is 17.8 Å². The summed E-state index contributed by atoms with van der Waals surface area (Å²) < 4.78 is 0. The van der Waals surface area contributed by atoms with E-state index in [9.17, 15) is 20.0 Å². The number of nitro benzene ring substituents is 1. The standard InChI is InChI=1S/C23H26N4O4/c1-2-4-18-5-3-6-20(22(18)28)15-24-25-23(29)19-11-13-26(14-12-19)16-17-7-9-21(10-8-17)27(30)31/h2-3,5-10,15,19,28H,1,4,11-14,16H2,(H,25,29)/p+1/b24-15+. The van der Waals surface area contributed by atoms with Gasteiger partial charge in [0.15, 0.2) is 0 Å². The van der Waals surface area contributed by atoms with E-state index in [1.165, 1.54) is 23.2 Å². The van der Waals surface area contributed by atoms with Crippen LogP contribution < -0.4 is 10.3 Å². The summed E-state index contributed by atoms with van der Waals surface area (Å²) in [5.41, 5.74) is 5.03. The minimum Gasteiger partial charge on any atom is -0.507 e. The Bertz CT molecular complexity index is 964. The van der Waals surface area contributed by atoms with E-state index >= 15 is 0 Å². The van der Waals surface area contributed by atoms with Gasteiger partial charge < -0.3 is 10.0 Å². The number of phenolic OH excluding ortho intramolecular Hbond substituents is 1. The fourth-order valence-electron chi connectivity index (χ4n) is 3.78. The predicted molar refractivity (Wildman–Crippen MR) is 118 cm³/mol. The average molecular weight is 423 g/mol. The van der Waals surface area contributed by atoms with Gasteiger partial charge in [-0.15, -0.1) is 6.58 Å². The molecule has 2 aromatic carbocycles. The third-order valence-electron chi connectivity index (χ3n) is 5.56. The molecule has 31 heavy (non-hydrogen) atoms. The van der Waals surface area contributed by atoms with E-state index in [-0.39, 0.29) is 23.3 Å². The van der Waals surface area contributed by atoms with Crippen molar-refractivity contribution in [3.8, 4) is 5.75 Å². The highest BCUT2D eigenvalue weighted by Crippen LogP contribution is 2.21. The normalized spacial score (nSPS) is 18.6. The number of hydrogen-bond acceptors (Lipinski definition) is 5. The van der Waals surface area contributed by atoms with Crippen molar-refractivity contribution < 1.29 is 19.7 Å². The van der Waals surface area contributed by atoms with Gasteiger partial charge in [0, 0.05) is 36.1 Å². The van der Waals surface area contributed by atoms with E-state index in [1.807, 2.05) is 12.1 Å². The molecule has 3 rings (SSSR count). The molecule has 1 amide bonds. The molecular formula is C23H27N4O4+. The first-order valence-corrected chi connectivity index (χ1v) is 10.3. The SMILES string of the molecule is C=CCc1cccc(/C=N/NC(=O)C2CC[NH+](Cc3ccc([N+](=O)[O-])cc3)CC2)c1O. The topological polar surface area (TPSA) is 109 Å². The Morgan fingerprint density at radius 2 is 1.97 bits per heavy atom. The predicted octanol–water partition coefficient (Wildman–Crippen LogP) is 1.97. The van der Waals surface area contributed by atoms with Crippen molar-refractivity contribution in [2.24, 2.45) is 11.0 Å². The van der Waals surface area contributed by atoms with E-state index in [2.05, 4.69) is 17.1 Å². The highest BCUT2D eigenvalue weighted by atomic mass is 16.6. The van der Waals surface area contributed by atoms with Crippen molar-refractivity contribution in [1.29, 1.82) is 0 Å². The number of carbonyl (C=O) groups excluding carboxylic acids is 1.